The maximum absolute atomic E-state index is 11.8. The summed E-state index contributed by atoms with van der Waals surface area (Å²) in [7, 11) is 1.67. The van der Waals surface area contributed by atoms with Crippen LogP contribution in [-0.4, -0.2) is 18.0 Å². The molecule has 1 aliphatic rings. The molecule has 1 amide bonds. The van der Waals surface area contributed by atoms with E-state index in [2.05, 4.69) is 34.6 Å². The van der Waals surface area contributed by atoms with Crippen LogP contribution in [0.25, 0.3) is 11.1 Å². The number of benzene rings is 2. The van der Waals surface area contributed by atoms with Crippen molar-refractivity contribution in [1.29, 1.82) is 0 Å². The number of rotatable bonds is 4. The Hall–Kier alpha value is -3.14. The Labute approximate surface area is 152 Å². The van der Waals surface area contributed by atoms with Crippen LogP contribution in [0.15, 0.2) is 60.9 Å². The number of fused-ring (bicyclic) bond motifs is 1. The van der Waals surface area contributed by atoms with Crippen molar-refractivity contribution in [3.8, 4) is 16.9 Å². The first-order chi connectivity index (χ1) is 12.7. The van der Waals surface area contributed by atoms with E-state index in [0.717, 1.165) is 29.8 Å². The summed E-state index contributed by atoms with van der Waals surface area (Å²) >= 11 is 0. The van der Waals surface area contributed by atoms with Gasteiger partial charge in [0.25, 0.3) is 0 Å². The minimum absolute atomic E-state index is 0.0852. The zero-order chi connectivity index (χ0) is 17.9. The van der Waals surface area contributed by atoms with E-state index in [0.29, 0.717) is 6.42 Å². The lowest BCUT2D eigenvalue weighted by atomic mass is 9.87. The molecule has 0 spiro atoms. The van der Waals surface area contributed by atoms with Gasteiger partial charge < -0.3 is 10.1 Å². The van der Waals surface area contributed by atoms with Crippen LogP contribution in [-0.2, 0) is 17.6 Å². The number of carbonyl (C=O) groups excluding carboxylic acids is 1. The molecule has 0 atom stereocenters. The summed E-state index contributed by atoms with van der Waals surface area (Å²) in [5.41, 5.74) is 6.88. The van der Waals surface area contributed by atoms with E-state index >= 15 is 0 Å². The van der Waals surface area contributed by atoms with Crippen LogP contribution in [0.3, 0.4) is 0 Å². The van der Waals surface area contributed by atoms with Crippen molar-refractivity contribution in [1.82, 2.24) is 4.98 Å². The average molecular weight is 344 g/mol. The lowest BCUT2D eigenvalue weighted by molar-refractivity contribution is -0.116. The molecule has 0 unspecified atom stereocenters. The van der Waals surface area contributed by atoms with Crippen molar-refractivity contribution in [3.05, 3.63) is 77.6 Å². The van der Waals surface area contributed by atoms with Gasteiger partial charge in [-0.2, -0.15) is 0 Å². The van der Waals surface area contributed by atoms with Crippen LogP contribution in [0.1, 0.15) is 23.1 Å². The van der Waals surface area contributed by atoms with Gasteiger partial charge in [-0.15, -0.1) is 0 Å². The van der Waals surface area contributed by atoms with Gasteiger partial charge in [-0.3, -0.25) is 9.78 Å². The molecule has 0 saturated heterocycles. The minimum atomic E-state index is 0.0852. The molecule has 4 nitrogen and oxygen atoms in total. The predicted molar refractivity (Wildman–Crippen MR) is 102 cm³/mol. The topological polar surface area (TPSA) is 51.2 Å². The standard InChI is InChI=1S/C22H20N2O2/c1-26-17-6-4-15(5-7-17)13-20-18(16-3-2-12-23-14-16)8-10-21-19(20)9-11-22(25)24-21/h2-8,10,12,14H,9,11,13H2,1H3,(H,24,25). The Kier molecular flexibility index (Phi) is 4.40. The van der Waals surface area contributed by atoms with E-state index in [9.17, 15) is 4.79 Å². The zero-order valence-electron chi connectivity index (χ0n) is 14.7. The zero-order valence-corrected chi connectivity index (χ0v) is 14.7. The number of aromatic nitrogens is 1. The number of hydrogen-bond donors (Lipinski definition) is 1. The Bertz CT molecular complexity index is 934. The van der Waals surface area contributed by atoms with Gasteiger partial charge in [0.15, 0.2) is 0 Å². The van der Waals surface area contributed by atoms with E-state index in [-0.39, 0.29) is 5.91 Å². The van der Waals surface area contributed by atoms with E-state index < -0.39 is 0 Å². The highest BCUT2D eigenvalue weighted by Crippen LogP contribution is 2.35. The van der Waals surface area contributed by atoms with Gasteiger partial charge in [-0.05, 0) is 59.4 Å². The molecule has 3 aromatic rings. The third-order valence-corrected chi connectivity index (χ3v) is 4.82. The van der Waals surface area contributed by atoms with Crippen molar-refractivity contribution >= 4 is 11.6 Å². The number of nitrogens with zero attached hydrogens (tertiary/aromatic N) is 1. The van der Waals surface area contributed by atoms with E-state index in [1.807, 2.05) is 30.5 Å². The molecule has 2 aromatic carbocycles. The highest BCUT2D eigenvalue weighted by atomic mass is 16.5. The summed E-state index contributed by atoms with van der Waals surface area (Å²) < 4.78 is 5.26. The fourth-order valence-corrected chi connectivity index (χ4v) is 3.49. The molecular weight excluding hydrogens is 324 g/mol. The minimum Gasteiger partial charge on any atom is -0.497 e. The van der Waals surface area contributed by atoms with Gasteiger partial charge in [0, 0.05) is 30.1 Å². The molecular formula is C22H20N2O2. The second-order valence-electron chi connectivity index (χ2n) is 6.43. The number of nitrogens with one attached hydrogen (secondary N) is 1. The SMILES string of the molecule is COc1ccc(Cc2c(-c3cccnc3)ccc3c2CCC(=O)N3)cc1. The number of carbonyl (C=O) groups is 1. The maximum Gasteiger partial charge on any atom is 0.224 e. The second-order valence-corrected chi connectivity index (χ2v) is 6.43. The van der Waals surface area contributed by atoms with Crippen molar-refractivity contribution in [2.45, 2.75) is 19.3 Å². The number of anilines is 1. The fraction of sp³-hybridized carbons (Fsp3) is 0.182. The average Bonchev–Trinajstić information content (AvgIpc) is 2.69. The first-order valence-corrected chi connectivity index (χ1v) is 8.72. The molecule has 0 fully saturated rings. The molecule has 0 aliphatic carbocycles. The normalized spacial score (nSPS) is 13.0. The summed E-state index contributed by atoms with van der Waals surface area (Å²) in [4.78, 5) is 16.1. The Balaban J connectivity index is 1.81. The number of pyridine rings is 1. The second kappa shape index (κ2) is 7.00. The van der Waals surface area contributed by atoms with Crippen LogP contribution < -0.4 is 10.1 Å². The third kappa shape index (κ3) is 3.18. The highest BCUT2D eigenvalue weighted by Gasteiger charge is 2.21. The number of hydrogen-bond acceptors (Lipinski definition) is 3. The van der Waals surface area contributed by atoms with Crippen LogP contribution in [0.5, 0.6) is 5.75 Å². The van der Waals surface area contributed by atoms with Crippen molar-refractivity contribution < 1.29 is 9.53 Å². The molecule has 4 heteroatoms. The molecule has 0 bridgehead atoms. The van der Waals surface area contributed by atoms with Gasteiger partial charge in [0.05, 0.1) is 7.11 Å². The van der Waals surface area contributed by atoms with Crippen molar-refractivity contribution in [2.24, 2.45) is 0 Å². The molecule has 130 valence electrons. The number of amides is 1. The van der Waals surface area contributed by atoms with Crippen molar-refractivity contribution in [3.63, 3.8) is 0 Å². The molecule has 0 saturated carbocycles. The van der Waals surface area contributed by atoms with Crippen LogP contribution >= 0.6 is 0 Å². The molecule has 1 N–H and O–H groups in total. The number of ether oxygens (including phenoxy) is 1. The van der Waals surface area contributed by atoms with E-state index in [4.69, 9.17) is 4.74 Å². The molecule has 1 aliphatic heterocycles. The molecule has 2 heterocycles. The Morgan fingerprint density at radius 2 is 1.92 bits per heavy atom. The monoisotopic (exact) mass is 344 g/mol. The lowest BCUT2D eigenvalue weighted by Gasteiger charge is -2.23. The molecule has 1 aromatic heterocycles. The molecule has 4 rings (SSSR count). The Morgan fingerprint density at radius 1 is 1.08 bits per heavy atom. The summed E-state index contributed by atoms with van der Waals surface area (Å²) in [6.07, 6.45) is 5.76. The molecule has 26 heavy (non-hydrogen) atoms. The molecule has 0 radical (unpaired) electrons. The van der Waals surface area contributed by atoms with Gasteiger partial charge in [-0.25, -0.2) is 0 Å². The summed E-state index contributed by atoms with van der Waals surface area (Å²) in [5.74, 6) is 0.936. The van der Waals surface area contributed by atoms with Crippen LogP contribution in [0.4, 0.5) is 5.69 Å². The first kappa shape index (κ1) is 16.3. The van der Waals surface area contributed by atoms with Gasteiger partial charge >= 0.3 is 0 Å². The quantitative estimate of drug-likeness (QED) is 0.770. The third-order valence-electron chi connectivity index (χ3n) is 4.82. The predicted octanol–water partition coefficient (Wildman–Crippen LogP) is 4.23. The lowest BCUT2D eigenvalue weighted by Crippen LogP contribution is -2.20. The highest BCUT2D eigenvalue weighted by molar-refractivity contribution is 5.95. The van der Waals surface area contributed by atoms with Gasteiger partial charge in [0.1, 0.15) is 5.75 Å². The summed E-state index contributed by atoms with van der Waals surface area (Å²) in [6, 6.07) is 16.3. The van der Waals surface area contributed by atoms with Gasteiger partial charge in [-0.1, -0.05) is 24.3 Å². The van der Waals surface area contributed by atoms with E-state index in [1.165, 1.54) is 22.3 Å². The van der Waals surface area contributed by atoms with Crippen LogP contribution in [0, 0.1) is 0 Å². The summed E-state index contributed by atoms with van der Waals surface area (Å²) in [6.45, 7) is 0. The Morgan fingerprint density at radius 3 is 2.65 bits per heavy atom. The fourth-order valence-electron chi connectivity index (χ4n) is 3.49. The summed E-state index contributed by atoms with van der Waals surface area (Å²) in [5, 5.41) is 3.01. The number of methoxy groups -OCH3 is 1. The maximum atomic E-state index is 11.8. The first-order valence-electron chi connectivity index (χ1n) is 8.72. The smallest absolute Gasteiger partial charge is 0.224 e. The van der Waals surface area contributed by atoms with Crippen LogP contribution in [0.2, 0.25) is 0 Å². The van der Waals surface area contributed by atoms with Gasteiger partial charge in [0.2, 0.25) is 5.91 Å². The van der Waals surface area contributed by atoms with E-state index in [1.54, 1.807) is 13.3 Å². The van der Waals surface area contributed by atoms with Crippen molar-refractivity contribution in [2.75, 3.05) is 12.4 Å². The largest absolute Gasteiger partial charge is 0.497 e.